The third-order valence-corrected chi connectivity index (χ3v) is 4.96. The zero-order valence-electron chi connectivity index (χ0n) is 14.3. The van der Waals surface area contributed by atoms with Gasteiger partial charge in [0.1, 0.15) is 5.75 Å². The van der Waals surface area contributed by atoms with Gasteiger partial charge in [-0.05, 0) is 37.1 Å². The first-order valence-electron chi connectivity index (χ1n) is 8.65. The number of ether oxygens (including phenoxy) is 1. The highest BCUT2D eigenvalue weighted by Gasteiger charge is 2.44. The molecule has 2 aliphatic heterocycles. The van der Waals surface area contributed by atoms with Crippen LogP contribution in [0, 0.1) is 0 Å². The lowest BCUT2D eigenvalue weighted by molar-refractivity contribution is -0.174. The number of nitrogen functional groups attached to an aromatic ring is 1. The van der Waals surface area contributed by atoms with Crippen molar-refractivity contribution in [2.45, 2.75) is 31.1 Å². The SMILES string of the molecule is Nc1ccc2c(c1)N1CCC[C@@H](NC(=O)C(F)(F)F)[C@H]1c1ccccc1O2. The summed E-state index contributed by atoms with van der Waals surface area (Å²) in [5.41, 5.74) is 7.91. The van der Waals surface area contributed by atoms with Gasteiger partial charge in [-0.2, -0.15) is 13.2 Å². The largest absolute Gasteiger partial charge is 0.471 e. The number of nitrogens with two attached hydrogens (primary N) is 1. The number of hydrogen-bond acceptors (Lipinski definition) is 4. The predicted octanol–water partition coefficient (Wildman–Crippen LogP) is 3.76. The first-order chi connectivity index (χ1) is 12.8. The fraction of sp³-hybridized carbons (Fsp3) is 0.316. The Hall–Kier alpha value is -2.90. The molecular weight excluding hydrogens is 359 g/mol. The van der Waals surface area contributed by atoms with Crippen molar-refractivity contribution in [2.24, 2.45) is 0 Å². The Balaban J connectivity index is 1.81. The standard InChI is InChI=1S/C19H18F3N3O2/c20-19(21,22)18(26)24-13-5-3-9-25-14-10-11(23)7-8-16(14)27-15-6-2-1-4-12(15)17(13)25/h1-2,4,6-8,10,13,17H,3,5,9,23H2,(H,24,26)/t13-,17-/m1/s1. The van der Waals surface area contributed by atoms with E-state index in [1.807, 2.05) is 17.0 Å². The number of alkyl halides is 3. The second-order valence-corrected chi connectivity index (χ2v) is 6.73. The zero-order chi connectivity index (χ0) is 19.2. The van der Waals surface area contributed by atoms with E-state index in [0.717, 1.165) is 5.56 Å². The zero-order valence-corrected chi connectivity index (χ0v) is 14.3. The van der Waals surface area contributed by atoms with Crippen molar-refractivity contribution in [3.8, 4) is 11.5 Å². The summed E-state index contributed by atoms with van der Waals surface area (Å²) in [7, 11) is 0. The normalized spacial score (nSPS) is 21.2. The van der Waals surface area contributed by atoms with Crippen LogP contribution in [0.3, 0.4) is 0 Å². The Labute approximate surface area is 153 Å². The predicted molar refractivity (Wildman–Crippen MR) is 94.7 cm³/mol. The Kier molecular flexibility index (Phi) is 4.13. The molecule has 0 aliphatic carbocycles. The number of halogens is 3. The average molecular weight is 377 g/mol. The maximum absolute atomic E-state index is 12.8. The van der Waals surface area contributed by atoms with E-state index in [1.54, 1.807) is 30.3 Å². The molecule has 1 fully saturated rings. The van der Waals surface area contributed by atoms with Crippen molar-refractivity contribution in [1.82, 2.24) is 5.32 Å². The molecule has 1 saturated heterocycles. The number of carbonyl (C=O) groups excluding carboxylic acids is 1. The van der Waals surface area contributed by atoms with Gasteiger partial charge in [0.15, 0.2) is 5.75 Å². The van der Waals surface area contributed by atoms with E-state index >= 15 is 0 Å². The van der Waals surface area contributed by atoms with Gasteiger partial charge in [-0.1, -0.05) is 18.2 Å². The minimum atomic E-state index is -4.93. The van der Waals surface area contributed by atoms with Gasteiger partial charge in [-0.25, -0.2) is 0 Å². The number of amides is 1. The number of fused-ring (bicyclic) bond motifs is 5. The fourth-order valence-corrected chi connectivity index (χ4v) is 3.83. The number of benzene rings is 2. The molecule has 2 heterocycles. The summed E-state index contributed by atoms with van der Waals surface area (Å²) in [5.74, 6) is -0.782. The van der Waals surface area contributed by atoms with Gasteiger partial charge in [0.05, 0.1) is 17.8 Å². The van der Waals surface area contributed by atoms with Crippen LogP contribution in [0.25, 0.3) is 0 Å². The molecule has 0 aromatic heterocycles. The van der Waals surface area contributed by atoms with Crippen LogP contribution in [0.5, 0.6) is 11.5 Å². The molecule has 27 heavy (non-hydrogen) atoms. The van der Waals surface area contributed by atoms with E-state index in [4.69, 9.17) is 10.5 Å². The summed E-state index contributed by atoms with van der Waals surface area (Å²) < 4.78 is 44.5. The van der Waals surface area contributed by atoms with Crippen molar-refractivity contribution in [3.63, 3.8) is 0 Å². The number of hydrogen-bond donors (Lipinski definition) is 2. The molecule has 2 aromatic rings. The van der Waals surface area contributed by atoms with Crippen LogP contribution < -0.4 is 20.7 Å². The van der Waals surface area contributed by atoms with E-state index in [-0.39, 0.29) is 0 Å². The smallest absolute Gasteiger partial charge is 0.455 e. The van der Waals surface area contributed by atoms with Crippen LogP contribution in [0.15, 0.2) is 42.5 Å². The molecule has 3 N–H and O–H groups in total. The van der Waals surface area contributed by atoms with Crippen LogP contribution in [0.2, 0.25) is 0 Å². The van der Waals surface area contributed by atoms with E-state index < -0.39 is 24.2 Å². The lowest BCUT2D eigenvalue weighted by atomic mass is 9.89. The van der Waals surface area contributed by atoms with E-state index in [2.05, 4.69) is 5.32 Å². The summed E-state index contributed by atoms with van der Waals surface area (Å²) in [6.07, 6.45) is -3.85. The quantitative estimate of drug-likeness (QED) is 0.743. The summed E-state index contributed by atoms with van der Waals surface area (Å²) in [6.45, 7) is 0.622. The number of para-hydroxylation sites is 1. The summed E-state index contributed by atoms with van der Waals surface area (Å²) in [5, 5.41) is 2.18. The molecule has 2 atom stereocenters. The van der Waals surface area contributed by atoms with Crippen LogP contribution in [0.1, 0.15) is 24.4 Å². The van der Waals surface area contributed by atoms with Crippen molar-refractivity contribution < 1.29 is 22.7 Å². The second-order valence-electron chi connectivity index (χ2n) is 6.73. The lowest BCUT2D eigenvalue weighted by Gasteiger charge is -2.42. The molecular formula is C19H18F3N3O2. The fourth-order valence-electron chi connectivity index (χ4n) is 3.83. The summed E-state index contributed by atoms with van der Waals surface area (Å²) in [6, 6.07) is 11.2. The first-order valence-corrected chi connectivity index (χ1v) is 8.65. The number of carbonyl (C=O) groups is 1. The van der Waals surface area contributed by atoms with E-state index in [1.165, 1.54) is 0 Å². The minimum absolute atomic E-state index is 0.439. The van der Waals surface area contributed by atoms with Crippen molar-refractivity contribution in [2.75, 3.05) is 17.2 Å². The highest BCUT2D eigenvalue weighted by molar-refractivity contribution is 5.82. The molecule has 0 bridgehead atoms. The maximum atomic E-state index is 12.8. The molecule has 0 saturated carbocycles. The number of anilines is 2. The molecule has 2 aromatic carbocycles. The molecule has 2 aliphatic rings. The number of nitrogens with zero attached hydrogens (tertiary/aromatic N) is 1. The van der Waals surface area contributed by atoms with Gasteiger partial charge in [-0.3, -0.25) is 4.79 Å². The van der Waals surface area contributed by atoms with Crippen LogP contribution in [-0.2, 0) is 4.79 Å². The van der Waals surface area contributed by atoms with Gasteiger partial charge in [0.2, 0.25) is 0 Å². The van der Waals surface area contributed by atoms with Gasteiger partial charge < -0.3 is 20.7 Å². The Morgan fingerprint density at radius 3 is 2.74 bits per heavy atom. The highest BCUT2D eigenvalue weighted by atomic mass is 19.4. The lowest BCUT2D eigenvalue weighted by Crippen LogP contribution is -2.52. The molecule has 0 spiro atoms. The Morgan fingerprint density at radius 1 is 1.19 bits per heavy atom. The third kappa shape index (κ3) is 3.15. The molecule has 4 rings (SSSR count). The van der Waals surface area contributed by atoms with Crippen molar-refractivity contribution >= 4 is 17.3 Å². The van der Waals surface area contributed by atoms with Crippen LogP contribution >= 0.6 is 0 Å². The molecule has 8 heteroatoms. The number of piperidine rings is 1. The molecule has 1 amide bonds. The number of rotatable bonds is 1. The van der Waals surface area contributed by atoms with Gasteiger partial charge in [-0.15, -0.1) is 0 Å². The van der Waals surface area contributed by atoms with Crippen molar-refractivity contribution in [3.05, 3.63) is 48.0 Å². The Bertz CT molecular complexity index is 885. The second kappa shape index (κ2) is 6.37. The molecule has 0 unspecified atom stereocenters. The average Bonchev–Trinajstić information content (AvgIpc) is 2.76. The molecule has 142 valence electrons. The topological polar surface area (TPSA) is 67.6 Å². The number of nitrogens with one attached hydrogen (secondary N) is 1. The van der Waals surface area contributed by atoms with Crippen LogP contribution in [-0.4, -0.2) is 24.7 Å². The van der Waals surface area contributed by atoms with E-state index in [9.17, 15) is 18.0 Å². The highest BCUT2D eigenvalue weighted by Crippen LogP contribution is 2.48. The Morgan fingerprint density at radius 2 is 1.96 bits per heavy atom. The minimum Gasteiger partial charge on any atom is -0.455 e. The monoisotopic (exact) mass is 377 g/mol. The molecule has 0 radical (unpaired) electrons. The van der Waals surface area contributed by atoms with Gasteiger partial charge in [0.25, 0.3) is 0 Å². The van der Waals surface area contributed by atoms with Gasteiger partial charge in [0, 0.05) is 17.8 Å². The third-order valence-electron chi connectivity index (χ3n) is 4.96. The van der Waals surface area contributed by atoms with Gasteiger partial charge >= 0.3 is 12.1 Å². The summed E-state index contributed by atoms with van der Waals surface area (Å²) in [4.78, 5) is 13.6. The first kappa shape index (κ1) is 17.5. The molecule has 5 nitrogen and oxygen atoms in total. The van der Waals surface area contributed by atoms with E-state index in [0.29, 0.717) is 42.3 Å². The maximum Gasteiger partial charge on any atom is 0.471 e. The summed E-state index contributed by atoms with van der Waals surface area (Å²) >= 11 is 0. The van der Waals surface area contributed by atoms with Crippen molar-refractivity contribution in [1.29, 1.82) is 0 Å². The van der Waals surface area contributed by atoms with Crippen LogP contribution in [0.4, 0.5) is 24.5 Å².